The number of hydrogen-bond acceptors (Lipinski definition) is 6. The molecule has 0 bridgehead atoms. The highest BCUT2D eigenvalue weighted by Gasteiger charge is 2.21. The standard InChI is InChI=1S/C13H18N6S/c1-9(14)12-7-6-11(8-15-12)20-13-16-17-18-19(13)10-4-2-3-5-10/h6-10H,2-5,14H2,1H3. The summed E-state index contributed by atoms with van der Waals surface area (Å²) in [7, 11) is 0. The summed E-state index contributed by atoms with van der Waals surface area (Å²) in [6, 6.07) is 4.38. The van der Waals surface area contributed by atoms with E-state index in [2.05, 4.69) is 20.5 Å². The lowest BCUT2D eigenvalue weighted by molar-refractivity contribution is 0.423. The van der Waals surface area contributed by atoms with Gasteiger partial charge in [0.25, 0.3) is 0 Å². The lowest BCUT2D eigenvalue weighted by atomic mass is 10.2. The molecule has 0 spiro atoms. The monoisotopic (exact) mass is 290 g/mol. The van der Waals surface area contributed by atoms with Gasteiger partial charge in [0.05, 0.1) is 11.7 Å². The van der Waals surface area contributed by atoms with E-state index in [4.69, 9.17) is 5.73 Å². The Morgan fingerprint density at radius 3 is 2.80 bits per heavy atom. The van der Waals surface area contributed by atoms with E-state index < -0.39 is 0 Å². The van der Waals surface area contributed by atoms with Gasteiger partial charge < -0.3 is 5.73 Å². The van der Waals surface area contributed by atoms with Crippen LogP contribution in [0.15, 0.2) is 28.4 Å². The van der Waals surface area contributed by atoms with E-state index in [1.807, 2.05) is 29.9 Å². The average molecular weight is 290 g/mol. The molecule has 2 aromatic rings. The Morgan fingerprint density at radius 1 is 1.35 bits per heavy atom. The highest BCUT2D eigenvalue weighted by Crippen LogP contribution is 2.33. The first-order valence-corrected chi connectivity index (χ1v) is 7.73. The van der Waals surface area contributed by atoms with Gasteiger partial charge in [-0.3, -0.25) is 4.98 Å². The minimum absolute atomic E-state index is 0.0436. The number of nitrogens with two attached hydrogens (primary N) is 1. The second kappa shape index (κ2) is 5.88. The third-order valence-electron chi connectivity index (χ3n) is 3.57. The van der Waals surface area contributed by atoms with Gasteiger partial charge in [-0.25, -0.2) is 4.68 Å². The fourth-order valence-electron chi connectivity index (χ4n) is 2.46. The highest BCUT2D eigenvalue weighted by atomic mass is 32.2. The van der Waals surface area contributed by atoms with Crippen LogP contribution in [0.1, 0.15) is 50.4 Å². The predicted molar refractivity (Wildman–Crippen MR) is 76.3 cm³/mol. The van der Waals surface area contributed by atoms with E-state index >= 15 is 0 Å². The van der Waals surface area contributed by atoms with Crippen LogP contribution in [-0.2, 0) is 0 Å². The lowest BCUT2D eigenvalue weighted by Crippen LogP contribution is -2.08. The number of nitrogens with zero attached hydrogens (tertiary/aromatic N) is 5. The van der Waals surface area contributed by atoms with Gasteiger partial charge in [0.15, 0.2) is 0 Å². The quantitative estimate of drug-likeness (QED) is 0.930. The molecule has 106 valence electrons. The van der Waals surface area contributed by atoms with Crippen LogP contribution < -0.4 is 5.73 Å². The molecule has 1 aliphatic carbocycles. The fraction of sp³-hybridized carbons (Fsp3) is 0.538. The first kappa shape index (κ1) is 13.5. The summed E-state index contributed by atoms with van der Waals surface area (Å²) in [5.74, 6) is 0. The van der Waals surface area contributed by atoms with Crippen LogP contribution in [-0.4, -0.2) is 25.2 Å². The van der Waals surface area contributed by atoms with E-state index in [1.165, 1.54) is 25.7 Å². The van der Waals surface area contributed by atoms with Gasteiger partial charge in [-0.2, -0.15) is 0 Å². The highest BCUT2D eigenvalue weighted by molar-refractivity contribution is 7.99. The van der Waals surface area contributed by atoms with Crippen molar-refractivity contribution in [2.45, 2.75) is 54.7 Å². The summed E-state index contributed by atoms with van der Waals surface area (Å²) in [6.45, 7) is 1.93. The van der Waals surface area contributed by atoms with Crippen molar-refractivity contribution in [3.05, 3.63) is 24.0 Å². The summed E-state index contributed by atoms with van der Waals surface area (Å²) in [6.07, 6.45) is 6.69. The second-order valence-corrected chi connectivity index (χ2v) is 6.19. The van der Waals surface area contributed by atoms with Gasteiger partial charge in [-0.1, -0.05) is 12.8 Å². The smallest absolute Gasteiger partial charge is 0.214 e. The number of rotatable bonds is 4. The second-order valence-electron chi connectivity index (χ2n) is 5.15. The molecule has 2 heterocycles. The Bertz CT molecular complexity index is 558. The van der Waals surface area contributed by atoms with Crippen LogP contribution >= 0.6 is 11.8 Å². The minimum atomic E-state index is -0.0436. The average Bonchev–Trinajstić information content (AvgIpc) is 3.09. The van der Waals surface area contributed by atoms with Gasteiger partial charge in [0, 0.05) is 17.1 Å². The summed E-state index contributed by atoms with van der Waals surface area (Å²) in [5, 5.41) is 12.9. The van der Waals surface area contributed by atoms with Gasteiger partial charge >= 0.3 is 0 Å². The third-order valence-corrected chi connectivity index (χ3v) is 4.50. The molecule has 1 atom stereocenters. The van der Waals surface area contributed by atoms with Crippen LogP contribution in [0.5, 0.6) is 0 Å². The molecular formula is C13H18N6S. The van der Waals surface area contributed by atoms with Gasteiger partial charge in [-0.15, -0.1) is 5.10 Å². The zero-order valence-corrected chi connectivity index (χ0v) is 12.3. The first-order valence-electron chi connectivity index (χ1n) is 6.91. The van der Waals surface area contributed by atoms with Gasteiger partial charge in [0.2, 0.25) is 5.16 Å². The molecule has 1 fully saturated rings. The first-order chi connectivity index (χ1) is 9.74. The van der Waals surface area contributed by atoms with E-state index in [-0.39, 0.29) is 6.04 Å². The molecule has 3 rings (SSSR count). The number of hydrogen-bond donors (Lipinski definition) is 1. The van der Waals surface area contributed by atoms with Crippen LogP contribution in [0.2, 0.25) is 0 Å². The molecule has 1 aliphatic rings. The maximum atomic E-state index is 5.80. The zero-order chi connectivity index (χ0) is 13.9. The molecule has 7 heteroatoms. The Morgan fingerprint density at radius 2 is 2.15 bits per heavy atom. The van der Waals surface area contributed by atoms with Gasteiger partial charge in [-0.05, 0) is 54.1 Å². The van der Waals surface area contributed by atoms with E-state index in [0.29, 0.717) is 6.04 Å². The molecular weight excluding hydrogens is 272 g/mol. The normalized spacial score (nSPS) is 17.5. The van der Waals surface area contributed by atoms with E-state index in [9.17, 15) is 0 Å². The Kier molecular flexibility index (Phi) is 3.98. The molecule has 2 N–H and O–H groups in total. The summed E-state index contributed by atoms with van der Waals surface area (Å²) < 4.78 is 1.96. The largest absolute Gasteiger partial charge is 0.323 e. The van der Waals surface area contributed by atoms with Crippen LogP contribution in [0.4, 0.5) is 0 Å². The summed E-state index contributed by atoms with van der Waals surface area (Å²) in [5.41, 5.74) is 6.69. The minimum Gasteiger partial charge on any atom is -0.323 e. The maximum absolute atomic E-state index is 5.80. The van der Waals surface area contributed by atoms with Crippen molar-refractivity contribution in [3.8, 4) is 0 Å². The maximum Gasteiger partial charge on any atom is 0.214 e. The van der Waals surface area contributed by atoms with Gasteiger partial charge in [0.1, 0.15) is 0 Å². The van der Waals surface area contributed by atoms with Crippen molar-refractivity contribution in [2.75, 3.05) is 0 Å². The molecule has 2 aromatic heterocycles. The Hall–Kier alpha value is -1.47. The molecule has 0 saturated heterocycles. The molecule has 6 nitrogen and oxygen atoms in total. The molecule has 1 unspecified atom stereocenters. The SMILES string of the molecule is CC(N)c1ccc(Sc2nnnn2C2CCCC2)cn1. The Balaban J connectivity index is 1.76. The third kappa shape index (κ3) is 2.83. The number of tetrazole rings is 1. The van der Waals surface area contributed by atoms with Crippen LogP contribution in [0, 0.1) is 0 Å². The summed E-state index contributed by atoms with van der Waals surface area (Å²) in [4.78, 5) is 5.39. The predicted octanol–water partition coefficient (Wildman–Crippen LogP) is 2.35. The van der Waals surface area contributed by atoms with Crippen LogP contribution in [0.3, 0.4) is 0 Å². The molecule has 0 radical (unpaired) electrons. The van der Waals surface area contributed by atoms with Crippen molar-refractivity contribution in [3.63, 3.8) is 0 Å². The Labute approximate surface area is 122 Å². The topological polar surface area (TPSA) is 82.5 Å². The molecule has 0 aliphatic heterocycles. The molecule has 1 saturated carbocycles. The van der Waals surface area contributed by atoms with Crippen molar-refractivity contribution in [1.29, 1.82) is 0 Å². The fourth-order valence-corrected chi connectivity index (χ4v) is 3.27. The van der Waals surface area contributed by atoms with E-state index in [1.54, 1.807) is 11.8 Å². The molecule has 0 aromatic carbocycles. The number of pyridine rings is 1. The van der Waals surface area contributed by atoms with E-state index in [0.717, 1.165) is 15.7 Å². The zero-order valence-electron chi connectivity index (χ0n) is 11.4. The lowest BCUT2D eigenvalue weighted by Gasteiger charge is -2.11. The van der Waals surface area contributed by atoms with Crippen LogP contribution in [0.25, 0.3) is 0 Å². The summed E-state index contributed by atoms with van der Waals surface area (Å²) >= 11 is 1.55. The van der Waals surface area contributed by atoms with Crippen molar-refractivity contribution >= 4 is 11.8 Å². The number of aromatic nitrogens is 5. The molecule has 0 amide bonds. The van der Waals surface area contributed by atoms with Crippen molar-refractivity contribution in [2.24, 2.45) is 5.73 Å². The molecule has 20 heavy (non-hydrogen) atoms. The van der Waals surface area contributed by atoms with Crippen molar-refractivity contribution in [1.82, 2.24) is 25.2 Å². The van der Waals surface area contributed by atoms with Crippen molar-refractivity contribution < 1.29 is 0 Å².